The van der Waals surface area contributed by atoms with Crippen molar-refractivity contribution in [3.8, 4) is 0 Å². The molecule has 0 aliphatic carbocycles. The van der Waals surface area contributed by atoms with Gasteiger partial charge in [-0.15, -0.1) is 0 Å². The van der Waals surface area contributed by atoms with E-state index in [0.717, 1.165) is 6.54 Å². The van der Waals surface area contributed by atoms with Crippen LogP contribution in [-0.4, -0.2) is 17.8 Å². The van der Waals surface area contributed by atoms with Crippen molar-refractivity contribution >= 4 is 7.82 Å². The summed E-state index contributed by atoms with van der Waals surface area (Å²) in [5.41, 5.74) is 0. The third kappa shape index (κ3) is 9.85. The van der Waals surface area contributed by atoms with Gasteiger partial charge in [0.05, 0.1) is 26.8 Å². The first-order valence-electron chi connectivity index (χ1n) is 6.56. The third-order valence-electron chi connectivity index (χ3n) is 2.10. The maximum atomic E-state index is 10.7. The van der Waals surface area contributed by atoms with Gasteiger partial charge in [-0.25, -0.2) is 9.13 Å². The van der Waals surface area contributed by atoms with Crippen LogP contribution in [0.15, 0.2) is 18.7 Å². The molecule has 0 aliphatic rings. The number of aromatic nitrogens is 2. The van der Waals surface area contributed by atoms with E-state index in [-0.39, 0.29) is 13.2 Å². The van der Waals surface area contributed by atoms with Crippen molar-refractivity contribution < 1.29 is 23.1 Å². The molecule has 1 rings (SSSR count). The molecule has 19 heavy (non-hydrogen) atoms. The quantitative estimate of drug-likeness (QED) is 0.566. The zero-order chi connectivity index (χ0) is 14.7. The number of hydrogen-bond donors (Lipinski definition) is 0. The van der Waals surface area contributed by atoms with Crippen molar-refractivity contribution in [3.05, 3.63) is 18.7 Å². The second kappa shape index (κ2) is 10.1. The van der Waals surface area contributed by atoms with Crippen molar-refractivity contribution in [1.29, 1.82) is 0 Å². The highest BCUT2D eigenvalue weighted by Gasteiger charge is 2.06. The molecule has 7 heteroatoms. The summed E-state index contributed by atoms with van der Waals surface area (Å²) in [7, 11) is -1.96. The van der Waals surface area contributed by atoms with E-state index in [0.29, 0.717) is 12.8 Å². The molecule has 1 aromatic rings. The summed E-state index contributed by atoms with van der Waals surface area (Å²) in [5.74, 6) is 0. The topological polar surface area (TPSA) is 67.4 Å². The number of rotatable bonds is 7. The summed E-state index contributed by atoms with van der Waals surface area (Å²) < 4.78 is 23.8. The van der Waals surface area contributed by atoms with Crippen LogP contribution in [-0.2, 0) is 27.2 Å². The van der Waals surface area contributed by atoms with E-state index in [2.05, 4.69) is 33.1 Å². The molecule has 0 unspecified atom stereocenters. The molecule has 0 saturated heterocycles. The van der Waals surface area contributed by atoms with Gasteiger partial charge in [-0.1, -0.05) is 13.8 Å². The van der Waals surface area contributed by atoms with E-state index in [1.807, 2.05) is 31.7 Å². The van der Waals surface area contributed by atoms with Crippen molar-refractivity contribution in [3.63, 3.8) is 0 Å². The maximum absolute atomic E-state index is 10.7. The zero-order valence-corrected chi connectivity index (χ0v) is 13.1. The van der Waals surface area contributed by atoms with Crippen LogP contribution < -0.4 is 9.46 Å². The van der Waals surface area contributed by atoms with Crippen LogP contribution >= 0.6 is 7.82 Å². The maximum Gasteiger partial charge on any atom is 0.267 e. The summed E-state index contributed by atoms with van der Waals surface area (Å²) in [4.78, 5) is 10.7. The summed E-state index contributed by atoms with van der Waals surface area (Å²) in [6, 6.07) is 0. The molecular weight excluding hydrogens is 267 g/mol. The number of nitrogens with zero attached hydrogens (tertiary/aromatic N) is 2. The van der Waals surface area contributed by atoms with Gasteiger partial charge in [0.2, 0.25) is 6.33 Å². The lowest BCUT2D eigenvalue weighted by Crippen LogP contribution is -2.28. The second-order valence-electron chi connectivity index (χ2n) is 4.02. The van der Waals surface area contributed by atoms with Crippen LogP contribution in [0, 0.1) is 0 Å². The molecule has 0 radical (unpaired) electrons. The standard InChI is InChI=1S/C6H11N2.C6H15O4P/c1-3-8-5-4-7(2)6-8;1-3-5-9-11(7,8)10-6-4-2/h4-6H,3H2,1-2H3;3-6H2,1-2H3,(H,7,8)/q+1;/p-1. The van der Waals surface area contributed by atoms with Crippen molar-refractivity contribution in [2.45, 2.75) is 40.2 Å². The Morgan fingerprint density at radius 1 is 1.21 bits per heavy atom. The summed E-state index contributed by atoms with van der Waals surface area (Å²) >= 11 is 0. The summed E-state index contributed by atoms with van der Waals surface area (Å²) in [6.07, 6.45) is 7.48. The van der Waals surface area contributed by atoms with Crippen molar-refractivity contribution in [2.24, 2.45) is 7.05 Å². The molecule has 0 fully saturated rings. The Labute approximate surface area is 115 Å². The minimum absolute atomic E-state index is 0.199. The fourth-order valence-electron chi connectivity index (χ4n) is 1.13. The lowest BCUT2D eigenvalue weighted by molar-refractivity contribution is -0.693. The molecule has 1 aromatic heterocycles. The molecular formula is C12H25N2O4P. The van der Waals surface area contributed by atoms with Gasteiger partial charge in [0, 0.05) is 0 Å². The Balaban J connectivity index is 0.000000356. The molecule has 0 bridgehead atoms. The first kappa shape index (κ1) is 18.3. The van der Waals surface area contributed by atoms with E-state index in [1.165, 1.54) is 0 Å². The fourth-order valence-corrected chi connectivity index (χ4v) is 2.02. The number of aryl methyl sites for hydroxylation is 2. The van der Waals surface area contributed by atoms with Gasteiger partial charge in [0.15, 0.2) is 0 Å². The zero-order valence-electron chi connectivity index (χ0n) is 12.2. The number of phosphoric acid groups is 1. The van der Waals surface area contributed by atoms with E-state index in [9.17, 15) is 9.46 Å². The van der Waals surface area contributed by atoms with Crippen molar-refractivity contribution in [2.75, 3.05) is 13.2 Å². The minimum Gasteiger partial charge on any atom is -0.756 e. The number of hydrogen-bond acceptors (Lipinski definition) is 4. The van der Waals surface area contributed by atoms with Gasteiger partial charge in [0.25, 0.3) is 7.82 Å². The molecule has 6 nitrogen and oxygen atoms in total. The first-order chi connectivity index (χ1) is 8.95. The number of phosphoric ester groups is 1. The fraction of sp³-hybridized carbons (Fsp3) is 0.750. The molecule has 1 heterocycles. The second-order valence-corrected chi connectivity index (χ2v) is 5.43. The number of imidazole rings is 1. The van der Waals surface area contributed by atoms with Gasteiger partial charge < -0.3 is 13.9 Å². The first-order valence-corrected chi connectivity index (χ1v) is 8.02. The van der Waals surface area contributed by atoms with E-state index in [1.54, 1.807) is 0 Å². The molecule has 112 valence electrons. The minimum atomic E-state index is -3.98. The third-order valence-corrected chi connectivity index (χ3v) is 3.09. The average molecular weight is 292 g/mol. The SMILES string of the molecule is CCCOP(=O)([O-])OCCC.CC[n+]1ccn(C)c1. The highest BCUT2D eigenvalue weighted by Crippen LogP contribution is 2.38. The van der Waals surface area contributed by atoms with Gasteiger partial charge >= 0.3 is 0 Å². The summed E-state index contributed by atoms with van der Waals surface area (Å²) in [6.45, 7) is 7.25. The Bertz CT molecular complexity index is 370. The van der Waals surface area contributed by atoms with Crippen LogP contribution in [0.3, 0.4) is 0 Å². The van der Waals surface area contributed by atoms with Crippen LogP contribution in [0.5, 0.6) is 0 Å². The predicted octanol–water partition coefficient (Wildman–Crippen LogP) is 1.64. The lowest BCUT2D eigenvalue weighted by Gasteiger charge is -2.21. The Hall–Kier alpha value is -0.680. The predicted molar refractivity (Wildman–Crippen MR) is 71.4 cm³/mol. The smallest absolute Gasteiger partial charge is 0.267 e. The van der Waals surface area contributed by atoms with Gasteiger partial charge in [0.1, 0.15) is 12.4 Å². The molecule has 0 atom stereocenters. The molecule has 0 N–H and O–H groups in total. The Morgan fingerprint density at radius 2 is 1.74 bits per heavy atom. The largest absolute Gasteiger partial charge is 0.756 e. The van der Waals surface area contributed by atoms with E-state index < -0.39 is 7.82 Å². The van der Waals surface area contributed by atoms with Crippen molar-refractivity contribution in [1.82, 2.24) is 4.57 Å². The highest BCUT2D eigenvalue weighted by atomic mass is 31.2. The van der Waals surface area contributed by atoms with E-state index in [4.69, 9.17) is 0 Å². The lowest BCUT2D eigenvalue weighted by atomic mass is 10.5. The molecule has 0 spiro atoms. The van der Waals surface area contributed by atoms with Gasteiger partial charge in [-0.05, 0) is 19.8 Å². The normalized spacial score (nSPS) is 11.0. The van der Waals surface area contributed by atoms with Crippen LogP contribution in [0.2, 0.25) is 0 Å². The molecule has 0 aliphatic heterocycles. The van der Waals surface area contributed by atoms with Crippen LogP contribution in [0.4, 0.5) is 0 Å². The van der Waals surface area contributed by atoms with Crippen LogP contribution in [0.1, 0.15) is 33.6 Å². The molecule has 0 saturated carbocycles. The highest BCUT2D eigenvalue weighted by molar-refractivity contribution is 7.45. The van der Waals surface area contributed by atoms with Gasteiger partial charge in [-0.3, -0.25) is 4.57 Å². The van der Waals surface area contributed by atoms with Gasteiger partial charge in [-0.2, -0.15) is 0 Å². The van der Waals surface area contributed by atoms with E-state index >= 15 is 0 Å². The van der Waals surface area contributed by atoms with Crippen LogP contribution in [0.25, 0.3) is 0 Å². The molecule has 0 amide bonds. The monoisotopic (exact) mass is 292 g/mol. The Morgan fingerprint density at radius 3 is 2.00 bits per heavy atom. The summed E-state index contributed by atoms with van der Waals surface area (Å²) in [5, 5.41) is 0. The average Bonchev–Trinajstić information content (AvgIpc) is 2.81. The Kier molecular flexibility index (Phi) is 9.79. The molecule has 0 aromatic carbocycles.